The lowest BCUT2D eigenvalue weighted by molar-refractivity contribution is -0.127. The number of hydrogen-bond acceptors (Lipinski definition) is 2. The van der Waals surface area contributed by atoms with E-state index in [-0.39, 0.29) is 11.3 Å². The van der Waals surface area contributed by atoms with Crippen molar-refractivity contribution in [3.05, 3.63) is 23.3 Å². The third-order valence-electron chi connectivity index (χ3n) is 2.08. The Morgan fingerprint density at radius 1 is 1.33 bits per heavy atom. The Balaban J connectivity index is 3.05. The first-order valence-corrected chi connectivity index (χ1v) is 4.33. The average Bonchev–Trinajstić information content (AvgIpc) is 2.08. The van der Waals surface area contributed by atoms with Crippen LogP contribution < -0.4 is 10.5 Å². The smallest absolute Gasteiger partial charge is 0.393 e. The van der Waals surface area contributed by atoms with Crippen LogP contribution in [-0.2, 0) is 6.42 Å². The molecule has 15 heavy (non-hydrogen) atoms. The molecule has 0 atom stereocenters. The van der Waals surface area contributed by atoms with Crippen LogP contribution in [0, 0.1) is 6.92 Å². The fourth-order valence-electron chi connectivity index (χ4n) is 1.33. The summed E-state index contributed by atoms with van der Waals surface area (Å²) in [6.45, 7) is 1.60. The lowest BCUT2D eigenvalue weighted by Gasteiger charge is -2.12. The molecule has 0 saturated heterocycles. The van der Waals surface area contributed by atoms with E-state index < -0.39 is 12.6 Å². The van der Waals surface area contributed by atoms with Gasteiger partial charge in [-0.1, -0.05) is 0 Å². The zero-order chi connectivity index (χ0) is 11.6. The molecule has 5 heteroatoms. The predicted molar refractivity (Wildman–Crippen MR) is 51.9 cm³/mol. The number of hydrogen-bond donors (Lipinski definition) is 1. The van der Waals surface area contributed by atoms with E-state index in [9.17, 15) is 13.2 Å². The molecule has 0 amide bonds. The molecule has 0 bridgehead atoms. The number of anilines is 1. The molecule has 0 spiro atoms. The van der Waals surface area contributed by atoms with Crippen molar-refractivity contribution in [1.29, 1.82) is 0 Å². The third-order valence-corrected chi connectivity index (χ3v) is 2.08. The molecule has 1 aromatic rings. The molecule has 84 valence electrons. The zero-order valence-electron chi connectivity index (χ0n) is 8.48. The lowest BCUT2D eigenvalue weighted by atomic mass is 10.0. The van der Waals surface area contributed by atoms with E-state index in [0.29, 0.717) is 11.3 Å². The highest BCUT2D eigenvalue weighted by Gasteiger charge is 2.28. The minimum absolute atomic E-state index is 0.181. The highest BCUT2D eigenvalue weighted by Crippen LogP contribution is 2.29. The van der Waals surface area contributed by atoms with E-state index in [4.69, 9.17) is 10.5 Å². The summed E-state index contributed by atoms with van der Waals surface area (Å²) < 4.78 is 41.4. The molecule has 1 aromatic carbocycles. The topological polar surface area (TPSA) is 35.2 Å². The number of halogens is 3. The molecule has 2 N–H and O–H groups in total. The molecular formula is C10H12F3NO. The normalized spacial score (nSPS) is 11.5. The second kappa shape index (κ2) is 4.00. The zero-order valence-corrected chi connectivity index (χ0v) is 8.48. The third kappa shape index (κ3) is 3.04. The molecular weight excluding hydrogens is 207 g/mol. The molecule has 0 aromatic heterocycles. The SMILES string of the molecule is COc1cc(C)c(CC(F)(F)F)cc1N. The summed E-state index contributed by atoms with van der Waals surface area (Å²) in [5.41, 5.74) is 6.46. The maximum atomic E-state index is 12.2. The number of rotatable bonds is 2. The number of benzene rings is 1. The van der Waals surface area contributed by atoms with Gasteiger partial charge in [0.1, 0.15) is 5.75 Å². The summed E-state index contributed by atoms with van der Waals surface area (Å²) in [6.07, 6.45) is -5.18. The van der Waals surface area contributed by atoms with Gasteiger partial charge in [0.25, 0.3) is 0 Å². The minimum Gasteiger partial charge on any atom is -0.495 e. The second-order valence-corrected chi connectivity index (χ2v) is 3.31. The van der Waals surface area contributed by atoms with Gasteiger partial charge in [-0.05, 0) is 30.2 Å². The van der Waals surface area contributed by atoms with Gasteiger partial charge in [-0.25, -0.2) is 0 Å². The van der Waals surface area contributed by atoms with E-state index >= 15 is 0 Å². The van der Waals surface area contributed by atoms with Gasteiger partial charge >= 0.3 is 6.18 Å². The van der Waals surface area contributed by atoms with Crippen LogP contribution in [0.5, 0.6) is 5.75 Å². The van der Waals surface area contributed by atoms with Crippen LogP contribution in [0.25, 0.3) is 0 Å². The Morgan fingerprint density at radius 2 is 1.93 bits per heavy atom. The van der Waals surface area contributed by atoms with Crippen molar-refractivity contribution in [2.75, 3.05) is 12.8 Å². The van der Waals surface area contributed by atoms with E-state index in [1.807, 2.05) is 0 Å². The van der Waals surface area contributed by atoms with Gasteiger partial charge in [-0.2, -0.15) is 13.2 Å². The largest absolute Gasteiger partial charge is 0.495 e. The fraction of sp³-hybridized carbons (Fsp3) is 0.400. The fourth-order valence-corrected chi connectivity index (χ4v) is 1.33. The van der Waals surface area contributed by atoms with Crippen molar-refractivity contribution >= 4 is 5.69 Å². The standard InChI is InChI=1S/C10H12F3NO/c1-6-3-9(15-2)8(14)4-7(6)5-10(11,12)13/h3-4H,5,14H2,1-2H3. The second-order valence-electron chi connectivity index (χ2n) is 3.31. The first-order valence-electron chi connectivity index (χ1n) is 4.33. The van der Waals surface area contributed by atoms with Crippen LogP contribution >= 0.6 is 0 Å². The van der Waals surface area contributed by atoms with Gasteiger partial charge in [0.05, 0.1) is 19.2 Å². The van der Waals surface area contributed by atoms with Gasteiger partial charge < -0.3 is 10.5 Å². The Kier molecular flexibility index (Phi) is 3.12. The van der Waals surface area contributed by atoms with Crippen LogP contribution in [0.15, 0.2) is 12.1 Å². The van der Waals surface area contributed by atoms with Crippen molar-refractivity contribution in [3.8, 4) is 5.75 Å². The van der Waals surface area contributed by atoms with Crippen molar-refractivity contribution in [1.82, 2.24) is 0 Å². The summed E-state index contributed by atoms with van der Waals surface area (Å²) in [7, 11) is 1.43. The number of alkyl halides is 3. The molecule has 2 nitrogen and oxygen atoms in total. The maximum absolute atomic E-state index is 12.2. The summed E-state index contributed by atoms with van der Waals surface area (Å²) in [5, 5.41) is 0. The summed E-state index contributed by atoms with van der Waals surface area (Å²) in [5.74, 6) is 0.401. The minimum atomic E-state index is -4.22. The molecule has 0 unspecified atom stereocenters. The van der Waals surface area contributed by atoms with Gasteiger partial charge in [0, 0.05) is 0 Å². The molecule has 1 rings (SSSR count). The van der Waals surface area contributed by atoms with Crippen LogP contribution in [0.4, 0.5) is 18.9 Å². The first-order chi connectivity index (χ1) is 6.83. The molecule has 0 aliphatic rings. The summed E-state index contributed by atoms with van der Waals surface area (Å²) in [6, 6.07) is 2.82. The van der Waals surface area contributed by atoms with Crippen molar-refractivity contribution in [2.24, 2.45) is 0 Å². The summed E-state index contributed by atoms with van der Waals surface area (Å²) in [4.78, 5) is 0. The monoisotopic (exact) mass is 219 g/mol. The van der Waals surface area contributed by atoms with Gasteiger partial charge in [-0.3, -0.25) is 0 Å². The van der Waals surface area contributed by atoms with Gasteiger partial charge in [0.15, 0.2) is 0 Å². The van der Waals surface area contributed by atoms with Crippen LogP contribution in [0.3, 0.4) is 0 Å². The number of aryl methyl sites for hydroxylation is 1. The maximum Gasteiger partial charge on any atom is 0.393 e. The van der Waals surface area contributed by atoms with Crippen LogP contribution in [0.2, 0.25) is 0 Å². The quantitative estimate of drug-likeness (QED) is 0.776. The van der Waals surface area contributed by atoms with E-state index in [2.05, 4.69) is 0 Å². The molecule has 0 heterocycles. The van der Waals surface area contributed by atoms with Crippen LogP contribution in [-0.4, -0.2) is 13.3 Å². The van der Waals surface area contributed by atoms with Gasteiger partial charge in [0.2, 0.25) is 0 Å². The average molecular weight is 219 g/mol. The van der Waals surface area contributed by atoms with E-state index in [1.54, 1.807) is 6.92 Å². The Bertz CT molecular complexity index is 360. The van der Waals surface area contributed by atoms with E-state index in [0.717, 1.165) is 0 Å². The Labute approximate surface area is 85.8 Å². The van der Waals surface area contributed by atoms with Crippen molar-refractivity contribution in [3.63, 3.8) is 0 Å². The predicted octanol–water partition coefficient (Wildman–Crippen LogP) is 2.69. The number of ether oxygens (including phenoxy) is 1. The van der Waals surface area contributed by atoms with Crippen molar-refractivity contribution < 1.29 is 17.9 Å². The molecule has 0 saturated carbocycles. The molecule has 0 aliphatic heterocycles. The highest BCUT2D eigenvalue weighted by atomic mass is 19.4. The number of methoxy groups -OCH3 is 1. The first kappa shape index (κ1) is 11.7. The summed E-state index contributed by atoms with van der Waals surface area (Å²) >= 11 is 0. The van der Waals surface area contributed by atoms with Crippen molar-refractivity contribution in [2.45, 2.75) is 19.5 Å². The molecule has 0 radical (unpaired) electrons. The highest BCUT2D eigenvalue weighted by molar-refractivity contribution is 5.56. The number of nitrogens with two attached hydrogens (primary N) is 1. The number of nitrogen functional groups attached to an aromatic ring is 1. The van der Waals surface area contributed by atoms with Gasteiger partial charge in [-0.15, -0.1) is 0 Å². The molecule has 0 fully saturated rings. The Morgan fingerprint density at radius 3 is 2.40 bits per heavy atom. The Hall–Kier alpha value is -1.39. The van der Waals surface area contributed by atoms with E-state index in [1.165, 1.54) is 19.2 Å². The molecule has 0 aliphatic carbocycles. The van der Waals surface area contributed by atoms with Crippen LogP contribution in [0.1, 0.15) is 11.1 Å². The lowest BCUT2D eigenvalue weighted by Crippen LogP contribution is -2.13.